The number of aliphatic hydroxyl groups is 1. The number of benzene rings is 1. The fraction of sp³-hybridized carbons (Fsp3) is 0.462. The van der Waals surface area contributed by atoms with E-state index in [1.807, 2.05) is 0 Å². The van der Waals surface area contributed by atoms with E-state index in [-0.39, 0.29) is 22.9 Å². The molecule has 2 unspecified atom stereocenters. The summed E-state index contributed by atoms with van der Waals surface area (Å²) >= 11 is 0. The summed E-state index contributed by atoms with van der Waals surface area (Å²) in [5.41, 5.74) is -0.294. The normalized spacial score (nSPS) is 21.6. The van der Waals surface area contributed by atoms with Gasteiger partial charge >= 0.3 is 0 Å². The minimum absolute atomic E-state index is 0.0957. The standard InChI is InChI=1S/C13H15FN2O3S/c1-9(17)10-4-5-16(8-10)20(18,19)12-2-3-13(14)11(6-12)7-15/h2-3,6,9-10,17H,4-5,8H2,1H3. The molecule has 1 saturated heterocycles. The van der Waals surface area contributed by atoms with E-state index in [9.17, 15) is 17.9 Å². The van der Waals surface area contributed by atoms with Crippen LogP contribution in [0.15, 0.2) is 23.1 Å². The van der Waals surface area contributed by atoms with Gasteiger partial charge in [0.05, 0.1) is 16.6 Å². The van der Waals surface area contributed by atoms with Crippen molar-refractivity contribution < 1.29 is 17.9 Å². The lowest BCUT2D eigenvalue weighted by Gasteiger charge is -2.17. The smallest absolute Gasteiger partial charge is 0.243 e. The van der Waals surface area contributed by atoms with Crippen molar-refractivity contribution in [1.29, 1.82) is 5.26 Å². The van der Waals surface area contributed by atoms with Gasteiger partial charge in [0.25, 0.3) is 0 Å². The van der Waals surface area contributed by atoms with Crippen molar-refractivity contribution in [3.8, 4) is 6.07 Å². The zero-order chi connectivity index (χ0) is 14.9. The average molecular weight is 298 g/mol. The van der Waals surface area contributed by atoms with Crippen molar-refractivity contribution in [1.82, 2.24) is 4.31 Å². The van der Waals surface area contributed by atoms with E-state index in [0.717, 1.165) is 18.2 Å². The number of nitriles is 1. The maximum absolute atomic E-state index is 13.2. The van der Waals surface area contributed by atoms with Crippen LogP contribution in [0.25, 0.3) is 0 Å². The zero-order valence-electron chi connectivity index (χ0n) is 11.0. The predicted molar refractivity (Wildman–Crippen MR) is 69.7 cm³/mol. The van der Waals surface area contributed by atoms with E-state index in [1.165, 1.54) is 4.31 Å². The van der Waals surface area contributed by atoms with Crippen LogP contribution in [0.4, 0.5) is 4.39 Å². The third-order valence-corrected chi connectivity index (χ3v) is 5.43. The van der Waals surface area contributed by atoms with Crippen LogP contribution in [0, 0.1) is 23.1 Å². The number of sulfonamides is 1. The Hall–Kier alpha value is -1.49. The maximum Gasteiger partial charge on any atom is 0.243 e. The number of hydrogen-bond acceptors (Lipinski definition) is 4. The van der Waals surface area contributed by atoms with Crippen molar-refractivity contribution in [2.45, 2.75) is 24.3 Å². The van der Waals surface area contributed by atoms with E-state index in [1.54, 1.807) is 13.0 Å². The third kappa shape index (κ3) is 2.68. The Morgan fingerprint density at radius 2 is 2.25 bits per heavy atom. The molecule has 2 atom stereocenters. The summed E-state index contributed by atoms with van der Waals surface area (Å²) in [6.45, 7) is 2.18. The number of nitrogens with zero attached hydrogens (tertiary/aromatic N) is 2. The molecule has 1 aromatic rings. The molecule has 0 radical (unpaired) electrons. The molecule has 1 fully saturated rings. The highest BCUT2D eigenvalue weighted by atomic mass is 32.2. The lowest BCUT2D eigenvalue weighted by molar-refractivity contribution is 0.133. The van der Waals surface area contributed by atoms with Gasteiger partial charge in [0.2, 0.25) is 10.0 Å². The van der Waals surface area contributed by atoms with Crippen molar-refractivity contribution in [3.63, 3.8) is 0 Å². The third-order valence-electron chi connectivity index (χ3n) is 3.57. The molecule has 1 N–H and O–H groups in total. The highest BCUT2D eigenvalue weighted by Gasteiger charge is 2.34. The van der Waals surface area contributed by atoms with Crippen LogP contribution in [0.2, 0.25) is 0 Å². The highest BCUT2D eigenvalue weighted by Crippen LogP contribution is 2.27. The summed E-state index contributed by atoms with van der Waals surface area (Å²) in [7, 11) is -3.75. The molecular formula is C13H15FN2O3S. The van der Waals surface area contributed by atoms with E-state index < -0.39 is 21.9 Å². The van der Waals surface area contributed by atoms with Crippen molar-refractivity contribution in [3.05, 3.63) is 29.6 Å². The molecule has 0 bridgehead atoms. The first-order valence-corrected chi connectivity index (χ1v) is 7.68. The molecule has 20 heavy (non-hydrogen) atoms. The number of aliphatic hydroxyl groups excluding tert-OH is 1. The fourth-order valence-electron chi connectivity index (χ4n) is 2.27. The molecule has 1 aromatic carbocycles. The first-order chi connectivity index (χ1) is 9.36. The molecule has 0 amide bonds. The SMILES string of the molecule is CC(O)C1CCN(S(=O)(=O)c2ccc(F)c(C#N)c2)C1. The molecule has 1 heterocycles. The van der Waals surface area contributed by atoms with E-state index in [0.29, 0.717) is 13.0 Å². The lowest BCUT2D eigenvalue weighted by atomic mass is 10.0. The van der Waals surface area contributed by atoms with Crippen LogP contribution in [0.1, 0.15) is 18.9 Å². The number of halogens is 1. The number of rotatable bonds is 3. The summed E-state index contributed by atoms with van der Waals surface area (Å²) in [6, 6.07) is 4.80. The first-order valence-electron chi connectivity index (χ1n) is 6.24. The second-order valence-corrected chi connectivity index (χ2v) is 6.84. The molecule has 2 rings (SSSR count). The van der Waals surface area contributed by atoms with Crippen LogP contribution in [0.5, 0.6) is 0 Å². The summed E-state index contributed by atoms with van der Waals surface area (Å²) in [6.07, 6.45) is 0.0153. The molecule has 0 aliphatic carbocycles. The quantitative estimate of drug-likeness (QED) is 0.905. The van der Waals surface area contributed by atoms with Crippen LogP contribution < -0.4 is 0 Å². The Morgan fingerprint density at radius 1 is 1.55 bits per heavy atom. The van der Waals surface area contributed by atoms with Crippen molar-refractivity contribution >= 4 is 10.0 Å². The minimum Gasteiger partial charge on any atom is -0.393 e. The van der Waals surface area contributed by atoms with Gasteiger partial charge in [-0.25, -0.2) is 12.8 Å². The van der Waals surface area contributed by atoms with Gasteiger partial charge in [0.1, 0.15) is 11.9 Å². The molecule has 108 valence electrons. The molecule has 7 heteroatoms. The molecular weight excluding hydrogens is 283 g/mol. The Morgan fingerprint density at radius 3 is 2.80 bits per heavy atom. The van der Waals surface area contributed by atoms with Gasteiger partial charge in [0.15, 0.2) is 0 Å². The van der Waals surface area contributed by atoms with Crippen LogP contribution in [0.3, 0.4) is 0 Å². The van der Waals surface area contributed by atoms with Crippen LogP contribution in [-0.4, -0.2) is 37.0 Å². The monoisotopic (exact) mass is 298 g/mol. The van der Waals surface area contributed by atoms with Gasteiger partial charge in [-0.15, -0.1) is 0 Å². The van der Waals surface area contributed by atoms with Gasteiger partial charge < -0.3 is 5.11 Å². The molecule has 0 saturated carbocycles. The summed E-state index contributed by atoms with van der Waals surface area (Å²) in [4.78, 5) is -0.0957. The van der Waals surface area contributed by atoms with Gasteiger partial charge in [-0.1, -0.05) is 0 Å². The molecule has 1 aliphatic rings. The summed E-state index contributed by atoms with van der Waals surface area (Å²) < 4.78 is 39.3. The van der Waals surface area contributed by atoms with Crippen LogP contribution in [-0.2, 0) is 10.0 Å². The first kappa shape index (κ1) is 14.9. The van der Waals surface area contributed by atoms with Gasteiger partial charge in [-0.05, 0) is 37.5 Å². The largest absolute Gasteiger partial charge is 0.393 e. The van der Waals surface area contributed by atoms with Crippen LogP contribution >= 0.6 is 0 Å². The number of hydrogen-bond donors (Lipinski definition) is 1. The predicted octanol–water partition coefficient (Wildman–Crippen LogP) is 1.09. The zero-order valence-corrected chi connectivity index (χ0v) is 11.8. The average Bonchev–Trinajstić information content (AvgIpc) is 2.89. The Labute approximate surface area is 117 Å². The van der Waals surface area contributed by atoms with Gasteiger partial charge in [0, 0.05) is 13.1 Å². The molecule has 0 spiro atoms. The van der Waals surface area contributed by atoms with E-state index in [2.05, 4.69) is 0 Å². The molecule has 1 aliphatic heterocycles. The van der Waals surface area contributed by atoms with Gasteiger partial charge in [-0.2, -0.15) is 9.57 Å². The van der Waals surface area contributed by atoms with Crippen molar-refractivity contribution in [2.24, 2.45) is 5.92 Å². The lowest BCUT2D eigenvalue weighted by Crippen LogP contribution is -2.30. The second kappa shape index (κ2) is 5.48. The Bertz CT molecular complexity index is 652. The fourth-order valence-corrected chi connectivity index (χ4v) is 3.80. The molecule has 0 aromatic heterocycles. The summed E-state index contributed by atoms with van der Waals surface area (Å²) in [5, 5.41) is 18.3. The Balaban J connectivity index is 2.30. The van der Waals surface area contributed by atoms with Crippen molar-refractivity contribution in [2.75, 3.05) is 13.1 Å². The maximum atomic E-state index is 13.2. The topological polar surface area (TPSA) is 81.4 Å². The summed E-state index contributed by atoms with van der Waals surface area (Å²) in [5.74, 6) is -0.838. The second-order valence-electron chi connectivity index (χ2n) is 4.91. The minimum atomic E-state index is -3.75. The van der Waals surface area contributed by atoms with E-state index in [4.69, 9.17) is 5.26 Å². The van der Waals surface area contributed by atoms with Gasteiger partial charge in [-0.3, -0.25) is 0 Å². The van der Waals surface area contributed by atoms with E-state index >= 15 is 0 Å². The highest BCUT2D eigenvalue weighted by molar-refractivity contribution is 7.89. The Kier molecular flexibility index (Phi) is 4.09. The molecule has 5 nitrogen and oxygen atoms in total.